The molecule has 73 heavy (non-hydrogen) atoms. The predicted octanol–water partition coefficient (Wildman–Crippen LogP) is 4.96. The Morgan fingerprint density at radius 3 is 1.26 bits per heavy atom. The summed E-state index contributed by atoms with van der Waals surface area (Å²) in [5.74, 6) is 0. The highest BCUT2D eigenvalue weighted by molar-refractivity contribution is 8.34. The molecule has 13 heteroatoms. The molecule has 0 saturated heterocycles. The average Bonchev–Trinajstić information content (AvgIpc) is 3.98. The smallest absolute Gasteiger partial charge is 0.143 e. The van der Waals surface area contributed by atoms with Gasteiger partial charge >= 0.3 is 0 Å². The van der Waals surface area contributed by atoms with E-state index in [0.29, 0.717) is 27.9 Å². The highest BCUT2D eigenvalue weighted by atomic mass is 32.3. The van der Waals surface area contributed by atoms with Crippen LogP contribution in [-0.2, 0) is 0 Å². The maximum atomic E-state index is 7.24. The van der Waals surface area contributed by atoms with Crippen LogP contribution in [0.5, 0.6) is 0 Å². The van der Waals surface area contributed by atoms with E-state index in [1.807, 2.05) is 48.5 Å². The van der Waals surface area contributed by atoms with Gasteiger partial charge in [-0.15, -0.1) is 42.8 Å². The number of nitrogens with zero attached hydrogens (tertiary/aromatic N) is 1. The number of hydrogen-bond acceptors (Lipinski definition) is 1. The van der Waals surface area contributed by atoms with Crippen molar-refractivity contribution in [2.75, 3.05) is 0 Å². The summed E-state index contributed by atoms with van der Waals surface area (Å²) >= 11 is 0. The molecule has 0 unspecified atom stereocenters. The highest BCUT2D eigenvalue weighted by Crippen LogP contribution is 2.74. The van der Waals surface area contributed by atoms with Crippen LogP contribution in [0.15, 0.2) is 212 Å². The van der Waals surface area contributed by atoms with Crippen LogP contribution in [0.1, 0.15) is 0 Å². The number of aromatic nitrogens is 1. The molecule has 0 aliphatic rings. The standard InChI is InChI=1S/C60H31B10NOS/c61-49-47(50(62)54(66)57(69)53(49)65)42-30-36(73(33-15-4-1-5-16-33,34-17-6-2-7-18-34)35-19-8-3-9-20-35)31-43(48-51(63)55(67)58(70)56(68)52(48)64)59(42)71-44-25-12-10-21-38(44)41-29-32(27-28-45(41)71)37-23-14-24-40-39-22-11-13-26-46(39)72-60(37)40/h1-31H. The van der Waals surface area contributed by atoms with Crippen LogP contribution in [0.4, 0.5) is 0 Å². The van der Waals surface area contributed by atoms with Crippen LogP contribution in [0, 0.1) is 0 Å². The maximum Gasteiger partial charge on any atom is 0.143 e. The van der Waals surface area contributed by atoms with Gasteiger partial charge in [-0.2, -0.15) is 0 Å². The minimum atomic E-state index is -2.47. The molecular formula is C60H31B10NOS. The van der Waals surface area contributed by atoms with E-state index in [2.05, 4.69) is 144 Å². The third-order valence-corrected chi connectivity index (χ3v) is 18.2. The van der Waals surface area contributed by atoms with Crippen molar-refractivity contribution in [3.63, 3.8) is 0 Å². The van der Waals surface area contributed by atoms with Gasteiger partial charge in [0.1, 0.15) is 89.6 Å². The SMILES string of the molecule is [B]c1c([B])c([B])c(-c2cc(S(c3ccccc3)(c3ccccc3)c3ccccc3)cc(-c3c([B])c([B])c([B])c([B])c3[B])c2-n2c3ccccc3c3cc(-c4cccc5c4oc4ccccc45)ccc32)c([B])c1[B]. The molecule has 0 bridgehead atoms. The topological polar surface area (TPSA) is 18.1 Å². The average molecular weight is 922 g/mol. The quantitative estimate of drug-likeness (QED) is 0.198. The fourth-order valence-corrected chi connectivity index (χ4v) is 14.7. The third kappa shape index (κ3) is 7.09. The highest BCUT2D eigenvalue weighted by Gasteiger charge is 2.36. The molecule has 0 aliphatic heterocycles. The van der Waals surface area contributed by atoms with Gasteiger partial charge in [-0.05, 0) is 89.5 Å². The summed E-state index contributed by atoms with van der Waals surface area (Å²) in [5, 5.41) is 3.96. The monoisotopic (exact) mass is 923 g/mol. The summed E-state index contributed by atoms with van der Waals surface area (Å²) < 4.78 is 8.75. The first-order chi connectivity index (χ1) is 35.4. The second-order valence-electron chi connectivity index (χ2n) is 18.2. The van der Waals surface area contributed by atoms with Gasteiger partial charge in [0.15, 0.2) is 0 Å². The number of fused-ring (bicyclic) bond motifs is 6. The summed E-state index contributed by atoms with van der Waals surface area (Å²) in [6.45, 7) is 0. The van der Waals surface area contributed by atoms with E-state index in [1.165, 1.54) is 0 Å². The Morgan fingerprint density at radius 2 is 0.740 bits per heavy atom. The summed E-state index contributed by atoms with van der Waals surface area (Å²) in [5.41, 5.74) is 8.57. The maximum absolute atomic E-state index is 7.24. The molecule has 2 heterocycles. The molecule has 0 saturated carbocycles. The van der Waals surface area contributed by atoms with Crippen molar-refractivity contribution in [2.45, 2.75) is 19.6 Å². The van der Waals surface area contributed by atoms with Gasteiger partial charge in [0.05, 0.1) is 16.7 Å². The molecule has 0 spiro atoms. The first kappa shape index (κ1) is 46.8. The fourth-order valence-electron chi connectivity index (χ4n) is 10.7. The van der Waals surface area contributed by atoms with Crippen LogP contribution in [0.2, 0.25) is 0 Å². The van der Waals surface area contributed by atoms with Gasteiger partial charge in [-0.25, -0.2) is 0 Å². The zero-order valence-electron chi connectivity index (χ0n) is 39.4. The van der Waals surface area contributed by atoms with Crippen LogP contribution >= 0.6 is 10.0 Å². The number of para-hydroxylation sites is 3. The Morgan fingerprint density at radius 1 is 0.315 bits per heavy atom. The first-order valence-corrected chi connectivity index (χ1v) is 25.2. The molecule has 2 aromatic heterocycles. The largest absolute Gasteiger partial charge is 0.455 e. The number of rotatable bonds is 8. The number of hydrogen-bond donors (Lipinski definition) is 0. The molecule has 0 aliphatic carbocycles. The Labute approximate surface area is 439 Å². The molecule has 0 atom stereocenters. The Hall–Kier alpha value is -7.20. The zero-order chi connectivity index (χ0) is 50.4. The lowest BCUT2D eigenvalue weighted by Gasteiger charge is -2.43. The lowest BCUT2D eigenvalue weighted by molar-refractivity contribution is 0.670. The van der Waals surface area contributed by atoms with Gasteiger partial charge in [0.2, 0.25) is 0 Å². The van der Waals surface area contributed by atoms with E-state index < -0.39 is 10.0 Å². The van der Waals surface area contributed by atoms with Gasteiger partial charge in [0, 0.05) is 57.8 Å². The first-order valence-electron chi connectivity index (χ1n) is 23.6. The zero-order valence-corrected chi connectivity index (χ0v) is 40.3. The normalized spacial score (nSPS) is 12.1. The van der Waals surface area contributed by atoms with E-state index in [4.69, 9.17) is 82.9 Å². The lowest BCUT2D eigenvalue weighted by atomic mass is 9.58. The molecule has 0 amide bonds. The van der Waals surface area contributed by atoms with Crippen molar-refractivity contribution in [1.82, 2.24) is 4.57 Å². The van der Waals surface area contributed by atoms with Gasteiger partial charge in [0.25, 0.3) is 0 Å². The van der Waals surface area contributed by atoms with Crippen LogP contribution < -0.4 is 54.6 Å². The Kier molecular flexibility index (Phi) is 11.6. The minimum Gasteiger partial charge on any atom is -0.455 e. The Bertz CT molecular complexity index is 3970. The van der Waals surface area contributed by atoms with Crippen molar-refractivity contribution in [2.24, 2.45) is 0 Å². The van der Waals surface area contributed by atoms with Gasteiger partial charge in [-0.3, -0.25) is 0 Å². The molecule has 12 aromatic rings. The van der Waals surface area contributed by atoms with Gasteiger partial charge < -0.3 is 8.98 Å². The number of furan rings is 1. The molecule has 10 aromatic carbocycles. The molecule has 2 nitrogen and oxygen atoms in total. The third-order valence-electron chi connectivity index (χ3n) is 14.3. The second kappa shape index (κ2) is 18.1. The molecular weight excluding hydrogens is 891 g/mol. The predicted molar refractivity (Wildman–Crippen MR) is 318 cm³/mol. The number of benzene rings is 10. The van der Waals surface area contributed by atoms with Crippen LogP contribution in [-0.4, -0.2) is 83.0 Å². The summed E-state index contributed by atoms with van der Waals surface area (Å²) in [4.78, 5) is 3.97. The minimum absolute atomic E-state index is 0.0749. The summed E-state index contributed by atoms with van der Waals surface area (Å²) in [6, 6.07) is 64.5. The fraction of sp³-hybridized carbons (Fsp3) is 0. The van der Waals surface area contributed by atoms with Crippen molar-refractivity contribution in [3.8, 4) is 39.1 Å². The second-order valence-corrected chi connectivity index (χ2v) is 21.3. The molecule has 0 fully saturated rings. The molecule has 0 N–H and O–H groups in total. The van der Waals surface area contributed by atoms with E-state index >= 15 is 0 Å². The van der Waals surface area contributed by atoms with E-state index in [-0.39, 0.29) is 54.6 Å². The van der Waals surface area contributed by atoms with Gasteiger partial charge in [-0.1, -0.05) is 137 Å². The Balaban J connectivity index is 1.30. The van der Waals surface area contributed by atoms with E-state index in [0.717, 1.165) is 74.5 Å². The molecule has 12 rings (SSSR count). The summed E-state index contributed by atoms with van der Waals surface area (Å²) in [6.07, 6.45) is 0. The van der Waals surface area contributed by atoms with E-state index in [1.54, 1.807) is 0 Å². The van der Waals surface area contributed by atoms with Crippen LogP contribution in [0.3, 0.4) is 0 Å². The summed E-state index contributed by atoms with van der Waals surface area (Å²) in [7, 11) is 67.0. The molecule has 318 valence electrons. The van der Waals surface area contributed by atoms with Crippen molar-refractivity contribution >= 4 is 187 Å². The lowest BCUT2D eigenvalue weighted by Crippen LogP contribution is -2.55. The van der Waals surface area contributed by atoms with Crippen molar-refractivity contribution in [1.29, 1.82) is 0 Å². The van der Waals surface area contributed by atoms with E-state index in [9.17, 15) is 0 Å². The van der Waals surface area contributed by atoms with Crippen molar-refractivity contribution < 1.29 is 4.42 Å². The van der Waals surface area contributed by atoms with Crippen LogP contribution in [0.25, 0.3) is 82.8 Å². The van der Waals surface area contributed by atoms with Crippen molar-refractivity contribution in [3.05, 3.63) is 188 Å². The molecule has 20 radical (unpaired) electrons.